The van der Waals surface area contributed by atoms with Crippen molar-refractivity contribution in [3.8, 4) is 0 Å². The second-order valence-corrected chi connectivity index (χ2v) is 9.51. The molecule has 0 spiro atoms. The number of hydrogen-bond donors (Lipinski definition) is 1. The molecule has 1 atom stereocenters. The van der Waals surface area contributed by atoms with Crippen LogP contribution in [0.4, 0.5) is 0 Å². The molecule has 0 aromatic heterocycles. The Kier molecular flexibility index (Phi) is 9.44. The number of aliphatic carboxylic acids is 1. The molecule has 0 aliphatic carbocycles. The molecule has 8 nitrogen and oxygen atoms in total. The first kappa shape index (κ1) is 26.4. The Balaban J connectivity index is 1.98. The van der Waals surface area contributed by atoms with E-state index in [9.17, 15) is 24.3 Å². The molecule has 1 aromatic carbocycles. The quantitative estimate of drug-likeness (QED) is 0.422. The van der Waals surface area contributed by atoms with E-state index in [2.05, 4.69) is 6.92 Å². The average Bonchev–Trinajstić information content (AvgIpc) is 2.73. The van der Waals surface area contributed by atoms with Gasteiger partial charge in [0.25, 0.3) is 0 Å². The third kappa shape index (κ3) is 8.18. The minimum absolute atomic E-state index is 0.0659. The molecule has 2 rings (SSSR count). The van der Waals surface area contributed by atoms with Gasteiger partial charge >= 0.3 is 11.9 Å². The SMILES string of the molecule is CCCCCCCC(=O)N1CC(=O)N(Cc2ccc(C(=O)OC(C)(C)C)cc2)C[C@@H]1C(=O)O. The van der Waals surface area contributed by atoms with Crippen molar-refractivity contribution >= 4 is 23.8 Å². The minimum atomic E-state index is -1.12. The molecule has 1 fully saturated rings. The van der Waals surface area contributed by atoms with Gasteiger partial charge in [-0.2, -0.15) is 0 Å². The van der Waals surface area contributed by atoms with Crippen LogP contribution in [0.25, 0.3) is 0 Å². The number of unbranched alkanes of at least 4 members (excludes halogenated alkanes) is 4. The molecule has 182 valence electrons. The zero-order valence-electron chi connectivity index (χ0n) is 20.1. The fraction of sp³-hybridized carbons (Fsp3) is 0.600. The second-order valence-electron chi connectivity index (χ2n) is 9.51. The summed E-state index contributed by atoms with van der Waals surface area (Å²) in [4.78, 5) is 52.0. The summed E-state index contributed by atoms with van der Waals surface area (Å²) in [7, 11) is 0. The van der Waals surface area contributed by atoms with E-state index < -0.39 is 23.6 Å². The Morgan fingerprint density at radius 1 is 1.06 bits per heavy atom. The van der Waals surface area contributed by atoms with Gasteiger partial charge in [0.2, 0.25) is 11.8 Å². The number of benzene rings is 1. The zero-order chi connectivity index (χ0) is 24.6. The Labute approximate surface area is 195 Å². The second kappa shape index (κ2) is 11.8. The van der Waals surface area contributed by atoms with Gasteiger partial charge in [0.05, 0.1) is 12.1 Å². The summed E-state index contributed by atoms with van der Waals surface area (Å²) in [6, 6.07) is 5.63. The summed E-state index contributed by atoms with van der Waals surface area (Å²) >= 11 is 0. The first-order chi connectivity index (χ1) is 15.5. The number of carbonyl (C=O) groups excluding carboxylic acids is 3. The molecule has 0 unspecified atom stereocenters. The molecule has 1 aliphatic heterocycles. The summed E-state index contributed by atoms with van der Waals surface area (Å²) in [5, 5.41) is 9.68. The van der Waals surface area contributed by atoms with Gasteiger partial charge < -0.3 is 19.6 Å². The van der Waals surface area contributed by atoms with Gasteiger partial charge in [0, 0.05) is 13.0 Å². The van der Waals surface area contributed by atoms with E-state index in [1.54, 1.807) is 45.0 Å². The molecule has 2 amide bonds. The number of hydrogen-bond acceptors (Lipinski definition) is 5. The van der Waals surface area contributed by atoms with Crippen molar-refractivity contribution in [2.45, 2.75) is 84.4 Å². The highest BCUT2D eigenvalue weighted by Gasteiger charge is 2.38. The Morgan fingerprint density at radius 2 is 1.70 bits per heavy atom. The maximum absolute atomic E-state index is 12.7. The first-order valence-electron chi connectivity index (χ1n) is 11.6. The summed E-state index contributed by atoms with van der Waals surface area (Å²) in [5.41, 5.74) is 0.564. The van der Waals surface area contributed by atoms with Crippen molar-refractivity contribution in [2.24, 2.45) is 0 Å². The third-order valence-corrected chi connectivity index (χ3v) is 5.49. The van der Waals surface area contributed by atoms with Crippen LogP contribution < -0.4 is 0 Å². The van der Waals surface area contributed by atoms with Crippen LogP contribution in [0.15, 0.2) is 24.3 Å². The van der Waals surface area contributed by atoms with Crippen molar-refractivity contribution in [3.63, 3.8) is 0 Å². The van der Waals surface area contributed by atoms with E-state index in [0.717, 1.165) is 31.2 Å². The lowest BCUT2D eigenvalue weighted by Crippen LogP contribution is -2.60. The van der Waals surface area contributed by atoms with Crippen LogP contribution in [0.5, 0.6) is 0 Å². The van der Waals surface area contributed by atoms with Crippen LogP contribution in [-0.4, -0.2) is 63.4 Å². The van der Waals surface area contributed by atoms with E-state index >= 15 is 0 Å². The molecular formula is C25H36N2O6. The van der Waals surface area contributed by atoms with Crippen LogP contribution in [0.3, 0.4) is 0 Å². The standard InChI is InChI=1S/C25H36N2O6/c1-5-6-7-8-9-10-21(28)27-17-22(29)26(16-20(27)23(30)31)15-18-11-13-19(14-12-18)24(32)33-25(2,3)4/h11-14,20H,5-10,15-17H2,1-4H3,(H,30,31)/t20-/m1/s1. The lowest BCUT2D eigenvalue weighted by atomic mass is 10.1. The normalized spacial score (nSPS) is 16.6. The number of rotatable bonds is 10. The van der Waals surface area contributed by atoms with E-state index in [1.807, 2.05) is 0 Å². The number of carboxylic acid groups (broad SMARTS) is 1. The Hall–Kier alpha value is -2.90. The predicted octanol–water partition coefficient (Wildman–Crippen LogP) is 3.63. The van der Waals surface area contributed by atoms with Gasteiger partial charge in [-0.05, 0) is 44.9 Å². The lowest BCUT2D eigenvalue weighted by Gasteiger charge is -2.39. The summed E-state index contributed by atoms with van der Waals surface area (Å²) in [6.45, 7) is 7.39. The van der Waals surface area contributed by atoms with Gasteiger partial charge in [-0.15, -0.1) is 0 Å². The highest BCUT2D eigenvalue weighted by molar-refractivity contribution is 5.91. The van der Waals surface area contributed by atoms with Gasteiger partial charge in [-0.1, -0.05) is 44.7 Å². The van der Waals surface area contributed by atoms with Gasteiger partial charge in [-0.25, -0.2) is 9.59 Å². The molecule has 0 saturated carbocycles. The maximum Gasteiger partial charge on any atom is 0.338 e. The fourth-order valence-corrected chi connectivity index (χ4v) is 3.72. The summed E-state index contributed by atoms with van der Waals surface area (Å²) in [6.07, 6.45) is 5.14. The highest BCUT2D eigenvalue weighted by atomic mass is 16.6. The smallest absolute Gasteiger partial charge is 0.338 e. The molecule has 33 heavy (non-hydrogen) atoms. The van der Waals surface area contributed by atoms with Gasteiger partial charge in [0.15, 0.2) is 0 Å². The van der Waals surface area contributed by atoms with Crippen molar-refractivity contribution < 1.29 is 29.0 Å². The number of carboxylic acids is 1. The first-order valence-corrected chi connectivity index (χ1v) is 11.6. The van der Waals surface area contributed by atoms with Crippen molar-refractivity contribution in [1.82, 2.24) is 9.80 Å². The molecule has 1 heterocycles. The molecule has 8 heteroatoms. The topological polar surface area (TPSA) is 104 Å². The number of ether oxygens (including phenoxy) is 1. The van der Waals surface area contributed by atoms with Crippen LogP contribution in [0.2, 0.25) is 0 Å². The predicted molar refractivity (Wildman–Crippen MR) is 124 cm³/mol. The van der Waals surface area contributed by atoms with E-state index in [-0.39, 0.29) is 37.9 Å². The molecule has 1 aromatic rings. The minimum Gasteiger partial charge on any atom is -0.480 e. The molecular weight excluding hydrogens is 424 g/mol. The molecule has 1 N–H and O–H groups in total. The Morgan fingerprint density at radius 3 is 2.27 bits per heavy atom. The van der Waals surface area contributed by atoms with Crippen LogP contribution in [0, 0.1) is 0 Å². The van der Waals surface area contributed by atoms with Crippen LogP contribution >= 0.6 is 0 Å². The van der Waals surface area contributed by atoms with Gasteiger partial charge in [0.1, 0.15) is 18.2 Å². The number of amides is 2. The number of esters is 1. The lowest BCUT2D eigenvalue weighted by molar-refractivity contribution is -0.160. The molecule has 0 bridgehead atoms. The fourth-order valence-electron chi connectivity index (χ4n) is 3.72. The highest BCUT2D eigenvalue weighted by Crippen LogP contribution is 2.19. The van der Waals surface area contributed by atoms with E-state index in [4.69, 9.17) is 4.74 Å². The van der Waals surface area contributed by atoms with Crippen LogP contribution in [0.1, 0.15) is 82.1 Å². The number of piperazine rings is 1. The zero-order valence-corrected chi connectivity index (χ0v) is 20.1. The van der Waals surface area contributed by atoms with Gasteiger partial charge in [-0.3, -0.25) is 9.59 Å². The van der Waals surface area contributed by atoms with E-state index in [0.29, 0.717) is 12.0 Å². The summed E-state index contributed by atoms with van der Waals surface area (Å²) < 4.78 is 5.35. The van der Waals surface area contributed by atoms with Crippen LogP contribution in [-0.2, 0) is 25.7 Å². The molecule has 1 saturated heterocycles. The van der Waals surface area contributed by atoms with Crippen molar-refractivity contribution in [3.05, 3.63) is 35.4 Å². The maximum atomic E-state index is 12.7. The Bertz CT molecular complexity index is 843. The molecule has 1 aliphatic rings. The number of carbonyl (C=O) groups is 4. The monoisotopic (exact) mass is 460 g/mol. The molecule has 0 radical (unpaired) electrons. The average molecular weight is 461 g/mol. The van der Waals surface area contributed by atoms with E-state index in [1.165, 1.54) is 9.80 Å². The van der Waals surface area contributed by atoms with Crippen molar-refractivity contribution in [2.75, 3.05) is 13.1 Å². The largest absolute Gasteiger partial charge is 0.480 e. The number of nitrogens with zero attached hydrogens (tertiary/aromatic N) is 2. The third-order valence-electron chi connectivity index (χ3n) is 5.49. The summed E-state index contributed by atoms with van der Waals surface area (Å²) in [5.74, 6) is -2.12. The van der Waals surface area contributed by atoms with Crippen molar-refractivity contribution in [1.29, 1.82) is 0 Å².